The highest BCUT2D eigenvalue weighted by atomic mass is 16.6. The van der Waals surface area contributed by atoms with Gasteiger partial charge in [-0.3, -0.25) is 4.79 Å². The number of hydrogen-bond donors (Lipinski definition) is 1. The van der Waals surface area contributed by atoms with Gasteiger partial charge in [0.25, 0.3) is 5.56 Å². The number of carbonyl (C=O) groups excluding carboxylic acids is 1. The molecule has 0 aliphatic rings. The molecule has 0 saturated carbocycles. The van der Waals surface area contributed by atoms with Gasteiger partial charge in [0, 0.05) is 18.5 Å². The number of aromatic nitrogens is 1. The summed E-state index contributed by atoms with van der Waals surface area (Å²) in [4.78, 5) is 25.1. The molecule has 0 bridgehead atoms. The Balaban J connectivity index is 1.88. The lowest BCUT2D eigenvalue weighted by molar-refractivity contribution is 0.200. The van der Waals surface area contributed by atoms with Crippen LogP contribution in [0.1, 0.15) is 12.5 Å². The van der Waals surface area contributed by atoms with E-state index in [9.17, 15) is 9.59 Å². The van der Waals surface area contributed by atoms with Gasteiger partial charge in [0.1, 0.15) is 5.75 Å². The fraction of sp³-hybridized carbons (Fsp3) is 0.273. The molecule has 3 aromatic rings. The predicted octanol–water partition coefficient (Wildman–Crippen LogP) is 3.34. The van der Waals surface area contributed by atoms with Gasteiger partial charge in [-0.25, -0.2) is 4.79 Å². The summed E-state index contributed by atoms with van der Waals surface area (Å²) < 4.78 is 22.7. The van der Waals surface area contributed by atoms with Crippen molar-refractivity contribution in [3.63, 3.8) is 0 Å². The monoisotopic (exact) mass is 412 g/mol. The maximum atomic E-state index is 12.7. The zero-order valence-electron chi connectivity index (χ0n) is 17.4. The second-order valence-corrected chi connectivity index (χ2v) is 6.43. The molecule has 3 rings (SSSR count). The van der Waals surface area contributed by atoms with E-state index in [0.29, 0.717) is 28.8 Å². The van der Waals surface area contributed by atoms with Gasteiger partial charge in [-0.05, 0) is 36.8 Å². The summed E-state index contributed by atoms with van der Waals surface area (Å²) in [6, 6.07) is 10.5. The molecule has 30 heavy (non-hydrogen) atoms. The minimum absolute atomic E-state index is 0.209. The third-order valence-corrected chi connectivity index (χ3v) is 4.69. The molecule has 8 heteroatoms. The highest BCUT2D eigenvalue weighted by Crippen LogP contribution is 2.34. The van der Waals surface area contributed by atoms with Gasteiger partial charge in [-0.1, -0.05) is 12.1 Å². The third-order valence-electron chi connectivity index (χ3n) is 4.69. The first kappa shape index (κ1) is 21.0. The average Bonchev–Trinajstić information content (AvgIpc) is 2.78. The Morgan fingerprint density at radius 2 is 1.57 bits per heavy atom. The van der Waals surface area contributed by atoms with Crippen molar-refractivity contribution < 1.29 is 23.7 Å². The van der Waals surface area contributed by atoms with Crippen LogP contribution in [0.3, 0.4) is 0 Å². The number of fused-ring (bicyclic) bond motifs is 1. The van der Waals surface area contributed by atoms with Crippen LogP contribution < -0.4 is 29.8 Å². The van der Waals surface area contributed by atoms with Crippen molar-refractivity contribution in [3.05, 3.63) is 58.5 Å². The number of nitrogens with one attached hydrogen (secondary N) is 1. The van der Waals surface area contributed by atoms with Crippen molar-refractivity contribution in [2.45, 2.75) is 20.0 Å². The first-order valence-corrected chi connectivity index (χ1v) is 9.38. The first-order chi connectivity index (χ1) is 14.5. The number of nitrogens with zero attached hydrogens (tertiary/aromatic N) is 1. The molecule has 0 aliphatic carbocycles. The number of pyridine rings is 1. The third kappa shape index (κ3) is 4.32. The lowest BCUT2D eigenvalue weighted by atomic mass is 10.1. The molecule has 0 spiro atoms. The first-order valence-electron chi connectivity index (χ1n) is 9.38. The number of aryl methyl sites for hydroxylation is 1. The van der Waals surface area contributed by atoms with Crippen molar-refractivity contribution in [2.24, 2.45) is 0 Å². The second kappa shape index (κ2) is 9.21. The van der Waals surface area contributed by atoms with Crippen molar-refractivity contribution in [1.82, 2.24) is 9.88 Å². The minimum Gasteiger partial charge on any atom is -0.497 e. The highest BCUT2D eigenvalue weighted by molar-refractivity contribution is 5.92. The molecule has 8 nitrogen and oxygen atoms in total. The molecule has 0 saturated heterocycles. The number of benzene rings is 2. The number of carbonyl (C=O) groups is 1. The van der Waals surface area contributed by atoms with Gasteiger partial charge in [-0.15, -0.1) is 0 Å². The van der Waals surface area contributed by atoms with Crippen LogP contribution in [0, 0.1) is 0 Å². The molecule has 1 N–H and O–H groups in total. The maximum absolute atomic E-state index is 12.7. The van der Waals surface area contributed by atoms with Crippen LogP contribution in [0.4, 0.5) is 4.79 Å². The molecule has 0 aliphatic heterocycles. The SMILES string of the molecule is CCn1cc(OC(=O)NCc2ccc(OC)cc2)c2cc(OC)c(OC)cc2c1=O. The van der Waals surface area contributed by atoms with E-state index < -0.39 is 6.09 Å². The molecule has 0 unspecified atom stereocenters. The van der Waals surface area contributed by atoms with Gasteiger partial charge in [0.05, 0.1) is 32.9 Å². The summed E-state index contributed by atoms with van der Waals surface area (Å²) in [7, 11) is 4.59. The van der Waals surface area contributed by atoms with Crippen LogP contribution in [0.5, 0.6) is 23.0 Å². The molecule has 158 valence electrons. The van der Waals surface area contributed by atoms with Gasteiger partial charge >= 0.3 is 6.09 Å². The summed E-state index contributed by atoms with van der Waals surface area (Å²) in [5.74, 6) is 1.84. The minimum atomic E-state index is -0.636. The number of methoxy groups -OCH3 is 3. The summed E-state index contributed by atoms with van der Waals surface area (Å²) in [6.07, 6.45) is 0.881. The van der Waals surface area contributed by atoms with E-state index in [-0.39, 0.29) is 17.9 Å². The van der Waals surface area contributed by atoms with Crippen LogP contribution >= 0.6 is 0 Å². The molecule has 1 aromatic heterocycles. The Bertz CT molecular complexity index is 1110. The zero-order valence-corrected chi connectivity index (χ0v) is 17.4. The summed E-state index contributed by atoms with van der Waals surface area (Å²) in [6.45, 7) is 2.54. The molecule has 0 fully saturated rings. The van der Waals surface area contributed by atoms with E-state index in [1.165, 1.54) is 25.0 Å². The average molecular weight is 412 g/mol. The number of amides is 1. The Kier molecular flexibility index (Phi) is 6.46. The standard InChI is InChI=1S/C22H24N2O6/c1-5-24-13-20(16-10-18(28-3)19(29-4)11-17(16)21(24)25)30-22(26)23-12-14-6-8-15(27-2)9-7-14/h6-11,13H,5,12H2,1-4H3,(H,23,26). The molecular formula is C22H24N2O6. The molecular weight excluding hydrogens is 388 g/mol. The quantitative estimate of drug-likeness (QED) is 0.640. The van der Waals surface area contributed by atoms with Crippen molar-refractivity contribution in [2.75, 3.05) is 21.3 Å². The summed E-state index contributed by atoms with van der Waals surface area (Å²) in [5.41, 5.74) is 0.682. The van der Waals surface area contributed by atoms with E-state index in [0.717, 1.165) is 11.3 Å². The highest BCUT2D eigenvalue weighted by Gasteiger charge is 2.16. The van der Waals surface area contributed by atoms with Crippen LogP contribution in [0.25, 0.3) is 10.8 Å². The van der Waals surface area contributed by atoms with Crippen LogP contribution in [-0.4, -0.2) is 32.0 Å². The van der Waals surface area contributed by atoms with Crippen LogP contribution in [-0.2, 0) is 13.1 Å². The second-order valence-electron chi connectivity index (χ2n) is 6.43. The van der Waals surface area contributed by atoms with Crippen molar-refractivity contribution >= 4 is 16.9 Å². The largest absolute Gasteiger partial charge is 0.497 e. The Hall–Kier alpha value is -3.68. The number of rotatable bonds is 7. The molecule has 0 radical (unpaired) electrons. The van der Waals surface area contributed by atoms with E-state index in [1.807, 2.05) is 31.2 Å². The smallest absolute Gasteiger partial charge is 0.412 e. The molecule has 2 aromatic carbocycles. The lowest BCUT2D eigenvalue weighted by Gasteiger charge is -2.14. The van der Waals surface area contributed by atoms with Crippen molar-refractivity contribution in [1.29, 1.82) is 0 Å². The van der Waals surface area contributed by atoms with Gasteiger partial charge in [-0.2, -0.15) is 0 Å². The summed E-state index contributed by atoms with van der Waals surface area (Å²) >= 11 is 0. The maximum Gasteiger partial charge on any atom is 0.412 e. The molecule has 0 atom stereocenters. The Morgan fingerprint density at radius 1 is 0.933 bits per heavy atom. The van der Waals surface area contributed by atoms with Gasteiger partial charge < -0.3 is 28.8 Å². The number of ether oxygens (including phenoxy) is 4. The van der Waals surface area contributed by atoms with Gasteiger partial charge in [0.15, 0.2) is 17.2 Å². The Labute approximate surface area is 173 Å². The Morgan fingerprint density at radius 3 is 2.13 bits per heavy atom. The normalized spacial score (nSPS) is 10.5. The fourth-order valence-electron chi connectivity index (χ4n) is 3.05. The van der Waals surface area contributed by atoms with Crippen LogP contribution in [0.2, 0.25) is 0 Å². The summed E-state index contributed by atoms with van der Waals surface area (Å²) in [5, 5.41) is 3.54. The molecule has 1 amide bonds. The van der Waals surface area contributed by atoms with E-state index >= 15 is 0 Å². The lowest BCUT2D eigenvalue weighted by Crippen LogP contribution is -2.27. The van der Waals surface area contributed by atoms with Gasteiger partial charge in [0.2, 0.25) is 0 Å². The van der Waals surface area contributed by atoms with E-state index in [2.05, 4.69) is 5.32 Å². The predicted molar refractivity (Wildman–Crippen MR) is 113 cm³/mol. The van der Waals surface area contributed by atoms with Crippen LogP contribution in [0.15, 0.2) is 47.4 Å². The van der Waals surface area contributed by atoms with Crippen molar-refractivity contribution in [3.8, 4) is 23.0 Å². The zero-order chi connectivity index (χ0) is 21.7. The topological polar surface area (TPSA) is 88.0 Å². The fourth-order valence-corrected chi connectivity index (χ4v) is 3.05. The number of hydrogen-bond acceptors (Lipinski definition) is 6. The van der Waals surface area contributed by atoms with E-state index in [1.54, 1.807) is 19.2 Å². The van der Waals surface area contributed by atoms with E-state index in [4.69, 9.17) is 18.9 Å². The molecule has 1 heterocycles.